The quantitative estimate of drug-likeness (QED) is 0.160. The molecule has 1 saturated carbocycles. The first-order chi connectivity index (χ1) is 17.3. The van der Waals surface area contributed by atoms with E-state index in [4.69, 9.17) is 18.6 Å². The van der Waals surface area contributed by atoms with Gasteiger partial charge in [-0.25, -0.2) is 18.5 Å². The molecule has 1 unspecified atom stereocenters. The molecule has 1 heterocycles. The summed E-state index contributed by atoms with van der Waals surface area (Å²) in [5.41, 5.74) is -2.10. The number of carbonyl (C=O) groups is 1. The second kappa shape index (κ2) is 10.8. The number of rotatable bonds is 9. The second-order valence-corrected chi connectivity index (χ2v) is 20.9. The van der Waals surface area contributed by atoms with E-state index in [9.17, 15) is 17.6 Å². The fraction of sp³-hybridized carbons (Fsp3) is 0.680. The Balaban J connectivity index is 2.04. The van der Waals surface area contributed by atoms with E-state index in [1.165, 1.54) is 28.8 Å². The van der Waals surface area contributed by atoms with E-state index in [-0.39, 0.29) is 30.0 Å². The first-order valence-corrected chi connectivity index (χ1v) is 18.8. The highest BCUT2D eigenvalue weighted by Gasteiger charge is 2.68. The number of ether oxygens (including phenoxy) is 2. The van der Waals surface area contributed by atoms with Crippen LogP contribution in [0.1, 0.15) is 39.7 Å². The van der Waals surface area contributed by atoms with Gasteiger partial charge in [0.2, 0.25) is 0 Å². The molecule has 0 spiro atoms. The van der Waals surface area contributed by atoms with Crippen molar-refractivity contribution < 1.29 is 35.6 Å². The van der Waals surface area contributed by atoms with Gasteiger partial charge >= 0.3 is 6.09 Å². The van der Waals surface area contributed by atoms with Crippen molar-refractivity contribution in [3.63, 3.8) is 0 Å². The molecule has 214 valence electrons. The lowest BCUT2D eigenvalue weighted by atomic mass is 9.85. The Kier molecular flexibility index (Phi) is 8.80. The van der Waals surface area contributed by atoms with Crippen LogP contribution >= 0.6 is 11.8 Å². The lowest BCUT2D eigenvalue weighted by Crippen LogP contribution is -2.46. The predicted octanol–water partition coefficient (Wildman–Crippen LogP) is 5.57. The van der Waals surface area contributed by atoms with Crippen LogP contribution in [0.4, 0.5) is 13.6 Å². The average molecular weight is 593 g/mol. The number of halogens is 2. The van der Waals surface area contributed by atoms with E-state index in [0.29, 0.717) is 13.0 Å². The molecule has 2 aliphatic rings. The van der Waals surface area contributed by atoms with Crippen LogP contribution in [0.25, 0.3) is 0 Å². The maximum absolute atomic E-state index is 15.1. The van der Waals surface area contributed by atoms with E-state index in [1.54, 1.807) is 27.7 Å². The molecule has 0 bridgehead atoms. The number of aliphatic imine (C=N–C) groups is 1. The van der Waals surface area contributed by atoms with Gasteiger partial charge in [0.1, 0.15) is 12.3 Å². The summed E-state index contributed by atoms with van der Waals surface area (Å²) in [6, 6.07) is 4.75. The zero-order valence-corrected chi connectivity index (χ0v) is 25.9. The van der Waals surface area contributed by atoms with Crippen LogP contribution in [0.5, 0.6) is 0 Å². The molecule has 0 saturated heterocycles. The average Bonchev–Trinajstić information content (AvgIpc) is 3.48. The number of nitrogens with zero attached hydrogens (tertiary/aromatic N) is 2. The molecule has 0 N–H and O–H groups in total. The molecule has 13 heteroatoms. The van der Waals surface area contributed by atoms with Crippen LogP contribution in [0.2, 0.25) is 25.7 Å². The summed E-state index contributed by atoms with van der Waals surface area (Å²) in [7, 11) is -5.18. The summed E-state index contributed by atoms with van der Waals surface area (Å²) >= 11 is 1.18. The molecule has 1 aliphatic carbocycles. The third kappa shape index (κ3) is 7.55. The van der Waals surface area contributed by atoms with Gasteiger partial charge in [-0.05, 0) is 46.2 Å². The smallest absolute Gasteiger partial charge is 0.418 e. The molecule has 1 aromatic carbocycles. The van der Waals surface area contributed by atoms with E-state index in [2.05, 4.69) is 19.6 Å². The molecule has 3 rings (SSSR count). The fourth-order valence-electron chi connectivity index (χ4n) is 4.28. The number of amides is 1. The SMILES string of the molecule is CC(C)(C)OC(=O)N(COCC[Si](C)(C)C)C1=N[C@](C)(c2cccc(F)c2F)C2C[C@]2(COS(C)(=O)=O)S1. The summed E-state index contributed by atoms with van der Waals surface area (Å²) in [6.45, 7) is 13.5. The number of hydrogen-bond donors (Lipinski definition) is 0. The minimum Gasteiger partial charge on any atom is -0.443 e. The van der Waals surface area contributed by atoms with Gasteiger partial charge in [-0.2, -0.15) is 8.42 Å². The number of amidine groups is 1. The standard InChI is InChI=1S/C25H38F2N2O6S2Si/c1-23(2,3)35-22(30)29(16-33-12-13-38(6,7)8)21-28-24(4,17-10-9-11-18(26)20(17)27)19-14-25(19,36-21)15-34-37(5,31)32/h9-11,19H,12-16H2,1-8H3/t19?,24-,25-/m1/s1. The molecule has 8 nitrogen and oxygen atoms in total. The maximum atomic E-state index is 15.1. The zero-order valence-electron chi connectivity index (χ0n) is 23.3. The van der Waals surface area contributed by atoms with Gasteiger partial charge in [0.25, 0.3) is 10.1 Å². The number of benzene rings is 1. The van der Waals surface area contributed by atoms with Crippen molar-refractivity contribution in [1.82, 2.24) is 4.90 Å². The molecular formula is C25H38F2N2O6S2Si. The molecule has 1 fully saturated rings. The summed E-state index contributed by atoms with van der Waals surface area (Å²) in [4.78, 5) is 19.4. The molecule has 0 aromatic heterocycles. The summed E-state index contributed by atoms with van der Waals surface area (Å²) in [6.07, 6.45) is 0.664. The molecule has 0 radical (unpaired) electrons. The van der Waals surface area contributed by atoms with Crippen molar-refractivity contribution in [1.29, 1.82) is 0 Å². The van der Waals surface area contributed by atoms with Gasteiger partial charge in [0, 0.05) is 26.2 Å². The third-order valence-electron chi connectivity index (χ3n) is 6.40. The topological polar surface area (TPSA) is 94.5 Å². The number of carbonyl (C=O) groups excluding carboxylic acids is 1. The van der Waals surface area contributed by atoms with Crippen LogP contribution in [-0.4, -0.2) is 69.2 Å². The normalized spacial score (nSPS) is 25.4. The van der Waals surface area contributed by atoms with Crippen LogP contribution in [-0.2, 0) is 29.3 Å². The van der Waals surface area contributed by atoms with E-state index < -0.39 is 51.8 Å². The Labute approximate surface area is 229 Å². The highest BCUT2D eigenvalue weighted by molar-refractivity contribution is 8.15. The zero-order chi connectivity index (χ0) is 28.7. The minimum absolute atomic E-state index is 0.0188. The van der Waals surface area contributed by atoms with Crippen LogP contribution in [0, 0.1) is 17.6 Å². The Hall–Kier alpha value is -1.54. The first-order valence-electron chi connectivity index (χ1n) is 12.4. The largest absolute Gasteiger partial charge is 0.443 e. The minimum atomic E-state index is -3.77. The number of hydrogen-bond acceptors (Lipinski definition) is 8. The van der Waals surface area contributed by atoms with E-state index >= 15 is 4.39 Å². The Morgan fingerprint density at radius 2 is 1.92 bits per heavy atom. The first kappa shape index (κ1) is 31.0. The molecule has 1 amide bonds. The Morgan fingerprint density at radius 1 is 1.26 bits per heavy atom. The fourth-order valence-corrected chi connectivity index (χ4v) is 7.11. The molecule has 38 heavy (non-hydrogen) atoms. The van der Waals surface area contributed by atoms with Crippen LogP contribution < -0.4 is 0 Å². The summed E-state index contributed by atoms with van der Waals surface area (Å²) in [5.74, 6) is -2.42. The molecule has 3 atom stereocenters. The molecule has 1 aromatic rings. The molecular weight excluding hydrogens is 554 g/mol. The van der Waals surface area contributed by atoms with Crippen molar-refractivity contribution in [2.75, 3.05) is 26.2 Å². The Bertz CT molecular complexity index is 1200. The van der Waals surface area contributed by atoms with Crippen LogP contribution in [0.3, 0.4) is 0 Å². The van der Waals surface area contributed by atoms with Crippen molar-refractivity contribution in [3.05, 3.63) is 35.4 Å². The molecule has 1 aliphatic heterocycles. The third-order valence-corrected chi connectivity index (χ3v) is 10.1. The lowest BCUT2D eigenvalue weighted by molar-refractivity contribution is 0.0110. The number of fused-ring (bicyclic) bond motifs is 1. The van der Waals surface area contributed by atoms with Crippen LogP contribution in [0.15, 0.2) is 23.2 Å². The van der Waals surface area contributed by atoms with E-state index in [1.807, 2.05) is 0 Å². The Morgan fingerprint density at radius 3 is 2.50 bits per heavy atom. The van der Waals surface area contributed by atoms with Crippen molar-refractivity contribution in [2.24, 2.45) is 10.9 Å². The van der Waals surface area contributed by atoms with Crippen molar-refractivity contribution in [2.45, 2.75) is 75.7 Å². The maximum Gasteiger partial charge on any atom is 0.418 e. The van der Waals surface area contributed by atoms with Gasteiger partial charge in [0.15, 0.2) is 16.8 Å². The van der Waals surface area contributed by atoms with Crippen molar-refractivity contribution in [3.8, 4) is 0 Å². The number of thioether (sulfide) groups is 1. The van der Waals surface area contributed by atoms with Gasteiger partial charge < -0.3 is 9.47 Å². The highest BCUT2D eigenvalue weighted by Crippen LogP contribution is 2.66. The monoisotopic (exact) mass is 592 g/mol. The van der Waals surface area contributed by atoms with Gasteiger partial charge in [-0.15, -0.1) is 0 Å². The second-order valence-electron chi connectivity index (χ2n) is 12.3. The van der Waals surface area contributed by atoms with Crippen molar-refractivity contribution >= 4 is 41.2 Å². The summed E-state index contributed by atoms with van der Waals surface area (Å²) < 4.78 is 68.9. The highest BCUT2D eigenvalue weighted by atomic mass is 32.2. The predicted molar refractivity (Wildman–Crippen MR) is 147 cm³/mol. The van der Waals surface area contributed by atoms with E-state index in [0.717, 1.165) is 18.4 Å². The van der Waals surface area contributed by atoms with Gasteiger partial charge in [0.05, 0.1) is 23.1 Å². The summed E-state index contributed by atoms with van der Waals surface area (Å²) in [5, 5.41) is 0.171. The van der Waals surface area contributed by atoms with Gasteiger partial charge in [-0.1, -0.05) is 43.5 Å². The van der Waals surface area contributed by atoms with Gasteiger partial charge in [-0.3, -0.25) is 9.18 Å². The lowest BCUT2D eigenvalue weighted by Gasteiger charge is -2.38.